The van der Waals surface area contributed by atoms with Crippen LogP contribution in [-0.4, -0.2) is 46.6 Å². The zero-order valence-electron chi connectivity index (χ0n) is 11.1. The van der Waals surface area contributed by atoms with Crippen LogP contribution < -0.4 is 5.32 Å². The minimum atomic E-state index is -1.08. The number of urea groups is 1. The Balaban J connectivity index is 2.22. The molecule has 1 aromatic carbocycles. The SMILES string of the molecule is O=C(O)c1cc(Br)cc(Br)c1NC(=O)N1CCCSCC1. The van der Waals surface area contributed by atoms with Crippen molar-refractivity contribution in [2.75, 3.05) is 29.9 Å². The minimum absolute atomic E-state index is 0.0498. The van der Waals surface area contributed by atoms with Gasteiger partial charge in [-0.05, 0) is 40.2 Å². The molecule has 1 fully saturated rings. The predicted octanol–water partition coefficient (Wildman–Crippen LogP) is 3.88. The van der Waals surface area contributed by atoms with Gasteiger partial charge < -0.3 is 15.3 Å². The molecule has 1 aliphatic heterocycles. The van der Waals surface area contributed by atoms with E-state index in [-0.39, 0.29) is 17.3 Å². The molecule has 0 unspecified atom stereocenters. The van der Waals surface area contributed by atoms with Crippen LogP contribution in [0.15, 0.2) is 21.1 Å². The van der Waals surface area contributed by atoms with Gasteiger partial charge in [0.1, 0.15) is 0 Å². The van der Waals surface area contributed by atoms with Gasteiger partial charge in [0, 0.05) is 27.8 Å². The molecule has 2 amide bonds. The molecule has 1 aromatic rings. The highest BCUT2D eigenvalue weighted by Crippen LogP contribution is 2.31. The maximum absolute atomic E-state index is 12.3. The van der Waals surface area contributed by atoms with Gasteiger partial charge in [-0.3, -0.25) is 0 Å². The average molecular weight is 438 g/mol. The molecule has 0 bridgehead atoms. The van der Waals surface area contributed by atoms with Crippen molar-refractivity contribution >= 4 is 61.3 Å². The lowest BCUT2D eigenvalue weighted by Gasteiger charge is -2.21. The number of carboxylic acids is 1. The van der Waals surface area contributed by atoms with Crippen LogP contribution in [0.3, 0.4) is 0 Å². The Kier molecular flexibility index (Phi) is 5.95. The first-order chi connectivity index (χ1) is 9.99. The Bertz CT molecular complexity index is 561. The molecule has 5 nitrogen and oxygen atoms in total. The third-order valence-electron chi connectivity index (χ3n) is 3.03. The number of hydrogen-bond acceptors (Lipinski definition) is 3. The van der Waals surface area contributed by atoms with Gasteiger partial charge in [0.2, 0.25) is 0 Å². The summed E-state index contributed by atoms with van der Waals surface area (Å²) in [6, 6.07) is 2.92. The van der Waals surface area contributed by atoms with Crippen LogP contribution in [0.25, 0.3) is 0 Å². The van der Waals surface area contributed by atoms with Gasteiger partial charge in [-0.1, -0.05) is 15.9 Å². The summed E-state index contributed by atoms with van der Waals surface area (Å²) in [6.07, 6.45) is 0.950. The number of nitrogens with zero attached hydrogens (tertiary/aromatic N) is 1. The second-order valence-corrected chi connectivity index (χ2v) is 7.49. The first-order valence-corrected chi connectivity index (χ1v) is 9.09. The number of benzene rings is 1. The smallest absolute Gasteiger partial charge is 0.337 e. The van der Waals surface area contributed by atoms with Crippen LogP contribution in [0.2, 0.25) is 0 Å². The fourth-order valence-corrected chi connectivity index (χ4v) is 4.22. The van der Waals surface area contributed by atoms with Crippen LogP contribution in [0.1, 0.15) is 16.8 Å². The largest absolute Gasteiger partial charge is 0.478 e. The van der Waals surface area contributed by atoms with Crippen molar-refractivity contribution in [1.82, 2.24) is 4.90 Å². The van der Waals surface area contributed by atoms with Crippen LogP contribution in [0.4, 0.5) is 10.5 Å². The van der Waals surface area contributed by atoms with Gasteiger partial charge in [0.25, 0.3) is 0 Å². The molecule has 2 N–H and O–H groups in total. The van der Waals surface area contributed by atoms with E-state index >= 15 is 0 Å². The third kappa shape index (κ3) is 4.37. The normalized spacial score (nSPS) is 15.4. The molecule has 0 atom stereocenters. The standard InChI is InChI=1S/C13H14Br2N2O3S/c14-8-6-9(12(18)19)11(10(15)7-8)16-13(20)17-2-1-4-21-5-3-17/h6-7H,1-5H2,(H,16,20)(H,18,19). The van der Waals surface area contributed by atoms with Gasteiger partial charge in [-0.15, -0.1) is 0 Å². The molecule has 1 aliphatic rings. The third-order valence-corrected chi connectivity index (χ3v) is 5.16. The maximum Gasteiger partial charge on any atom is 0.337 e. The summed E-state index contributed by atoms with van der Waals surface area (Å²) < 4.78 is 1.17. The predicted molar refractivity (Wildman–Crippen MR) is 91.3 cm³/mol. The number of carboxylic acid groups (broad SMARTS) is 1. The second-order valence-electron chi connectivity index (χ2n) is 4.50. The minimum Gasteiger partial charge on any atom is -0.478 e. The molecule has 0 radical (unpaired) electrons. The molecule has 2 rings (SSSR count). The quantitative estimate of drug-likeness (QED) is 0.736. The molecule has 1 saturated heterocycles. The summed E-state index contributed by atoms with van der Waals surface area (Å²) in [5, 5.41) is 12.0. The Morgan fingerprint density at radius 2 is 2.00 bits per heavy atom. The average Bonchev–Trinajstić information content (AvgIpc) is 2.70. The lowest BCUT2D eigenvalue weighted by atomic mass is 10.2. The number of anilines is 1. The second kappa shape index (κ2) is 7.51. The molecule has 0 aromatic heterocycles. The first-order valence-electron chi connectivity index (χ1n) is 6.35. The molecule has 1 heterocycles. The highest BCUT2D eigenvalue weighted by Gasteiger charge is 2.20. The number of halogens is 2. The van der Waals surface area contributed by atoms with Gasteiger partial charge >= 0.3 is 12.0 Å². The summed E-state index contributed by atoms with van der Waals surface area (Å²) in [6.45, 7) is 1.36. The van der Waals surface area contributed by atoms with E-state index < -0.39 is 5.97 Å². The number of carbonyl (C=O) groups excluding carboxylic acids is 1. The van der Waals surface area contributed by atoms with Crippen molar-refractivity contribution in [3.63, 3.8) is 0 Å². The van der Waals surface area contributed by atoms with Crippen molar-refractivity contribution in [1.29, 1.82) is 0 Å². The fraction of sp³-hybridized carbons (Fsp3) is 0.385. The summed E-state index contributed by atoms with van der Waals surface area (Å²) in [7, 11) is 0. The van der Waals surface area contributed by atoms with E-state index in [1.807, 2.05) is 11.8 Å². The molecule has 0 aliphatic carbocycles. The highest BCUT2D eigenvalue weighted by molar-refractivity contribution is 9.11. The van der Waals surface area contributed by atoms with E-state index in [2.05, 4.69) is 37.2 Å². The molecule has 0 spiro atoms. The van der Waals surface area contributed by atoms with E-state index in [0.717, 1.165) is 17.9 Å². The Morgan fingerprint density at radius 1 is 1.24 bits per heavy atom. The number of rotatable bonds is 2. The van der Waals surface area contributed by atoms with Crippen LogP contribution in [-0.2, 0) is 0 Å². The summed E-state index contributed by atoms with van der Waals surface area (Å²) >= 11 is 8.38. The lowest BCUT2D eigenvalue weighted by Crippen LogP contribution is -2.37. The molecular formula is C13H14Br2N2O3S. The number of aromatic carboxylic acids is 1. The van der Waals surface area contributed by atoms with Crippen molar-refractivity contribution in [2.24, 2.45) is 0 Å². The number of hydrogen-bond donors (Lipinski definition) is 2. The molecule has 8 heteroatoms. The summed E-state index contributed by atoms with van der Waals surface area (Å²) in [5.74, 6) is 0.867. The zero-order valence-corrected chi connectivity index (χ0v) is 15.1. The highest BCUT2D eigenvalue weighted by atomic mass is 79.9. The van der Waals surface area contributed by atoms with Gasteiger partial charge in [-0.25, -0.2) is 9.59 Å². The van der Waals surface area contributed by atoms with E-state index in [0.29, 0.717) is 22.0 Å². The molecule has 21 heavy (non-hydrogen) atoms. The Labute approximate surface area is 143 Å². The van der Waals surface area contributed by atoms with Gasteiger partial charge in [0.15, 0.2) is 0 Å². The van der Waals surface area contributed by atoms with Crippen molar-refractivity contribution < 1.29 is 14.7 Å². The molecule has 0 saturated carbocycles. The van der Waals surface area contributed by atoms with Crippen LogP contribution >= 0.6 is 43.6 Å². The fourth-order valence-electron chi connectivity index (χ4n) is 2.00. The lowest BCUT2D eigenvalue weighted by molar-refractivity contribution is 0.0698. The Morgan fingerprint density at radius 3 is 2.71 bits per heavy atom. The van der Waals surface area contributed by atoms with E-state index in [9.17, 15) is 14.7 Å². The van der Waals surface area contributed by atoms with Crippen LogP contribution in [0, 0.1) is 0 Å². The van der Waals surface area contributed by atoms with E-state index in [4.69, 9.17) is 0 Å². The summed E-state index contributed by atoms with van der Waals surface area (Å²) in [5.41, 5.74) is 0.335. The zero-order chi connectivity index (χ0) is 15.4. The van der Waals surface area contributed by atoms with Gasteiger partial charge in [0.05, 0.1) is 11.3 Å². The number of nitrogens with one attached hydrogen (secondary N) is 1. The molecular weight excluding hydrogens is 424 g/mol. The van der Waals surface area contributed by atoms with Crippen molar-refractivity contribution in [3.05, 3.63) is 26.6 Å². The topological polar surface area (TPSA) is 69.6 Å². The number of amides is 2. The van der Waals surface area contributed by atoms with Crippen molar-refractivity contribution in [3.8, 4) is 0 Å². The molecule has 114 valence electrons. The number of thioether (sulfide) groups is 1. The summed E-state index contributed by atoms with van der Waals surface area (Å²) in [4.78, 5) is 25.4. The monoisotopic (exact) mass is 436 g/mol. The van der Waals surface area contributed by atoms with Crippen molar-refractivity contribution in [2.45, 2.75) is 6.42 Å². The maximum atomic E-state index is 12.3. The number of carbonyl (C=O) groups is 2. The van der Waals surface area contributed by atoms with E-state index in [1.54, 1.807) is 11.0 Å². The van der Waals surface area contributed by atoms with E-state index in [1.165, 1.54) is 6.07 Å². The van der Waals surface area contributed by atoms with Crippen LogP contribution in [0.5, 0.6) is 0 Å². The Hall–Kier alpha value is -0.730. The van der Waals surface area contributed by atoms with Gasteiger partial charge in [-0.2, -0.15) is 11.8 Å². The first kappa shape index (κ1) is 16.6.